The van der Waals surface area contributed by atoms with E-state index in [0.29, 0.717) is 31.4 Å². The zero-order valence-electron chi connectivity index (χ0n) is 22.7. The standard InChI is InChI=1S/C29H38N4O7/c1-3-17(2)25(27(37)31-23(29(39)40)16-19-8-12-21(35)13-9-19)32-26(36)24-5-4-14-33(24)28(38)22(30)15-18-6-10-20(34)11-7-18/h6-13,17,22-25,34-35H,3-5,14-16,30H2,1-2H3,(H,31,37)(H,32,36)(H,39,40). The van der Waals surface area contributed by atoms with Crippen molar-refractivity contribution in [1.29, 1.82) is 0 Å². The quantitative estimate of drug-likeness (QED) is 0.227. The van der Waals surface area contributed by atoms with Gasteiger partial charge in [-0.1, -0.05) is 44.5 Å². The van der Waals surface area contributed by atoms with Gasteiger partial charge in [-0.3, -0.25) is 14.4 Å². The van der Waals surface area contributed by atoms with Crippen LogP contribution in [0.2, 0.25) is 0 Å². The lowest BCUT2D eigenvalue weighted by atomic mass is 9.96. The van der Waals surface area contributed by atoms with Crippen LogP contribution in [0.1, 0.15) is 44.2 Å². The molecule has 0 spiro atoms. The number of nitrogens with one attached hydrogen (secondary N) is 2. The smallest absolute Gasteiger partial charge is 0.326 e. The number of amides is 3. The highest BCUT2D eigenvalue weighted by Crippen LogP contribution is 2.21. The van der Waals surface area contributed by atoms with Crippen molar-refractivity contribution in [2.75, 3.05) is 6.54 Å². The molecule has 2 aromatic rings. The SMILES string of the molecule is CCC(C)C(NC(=O)C1CCCN1C(=O)C(N)Cc1ccc(O)cc1)C(=O)NC(Cc1ccc(O)cc1)C(=O)O. The normalized spacial score (nSPS) is 17.9. The number of rotatable bonds is 12. The summed E-state index contributed by atoms with van der Waals surface area (Å²) in [5.41, 5.74) is 7.56. The minimum atomic E-state index is -1.25. The molecule has 40 heavy (non-hydrogen) atoms. The Kier molecular flexibility index (Phi) is 10.5. The van der Waals surface area contributed by atoms with Crippen molar-refractivity contribution in [3.63, 3.8) is 0 Å². The van der Waals surface area contributed by atoms with Gasteiger partial charge >= 0.3 is 5.97 Å². The molecule has 0 bridgehead atoms. The number of carboxylic acids is 1. The van der Waals surface area contributed by atoms with E-state index in [4.69, 9.17) is 5.73 Å². The molecule has 1 fully saturated rings. The predicted molar refractivity (Wildman–Crippen MR) is 147 cm³/mol. The van der Waals surface area contributed by atoms with E-state index in [1.807, 2.05) is 6.92 Å². The number of hydrogen-bond acceptors (Lipinski definition) is 7. The highest BCUT2D eigenvalue weighted by Gasteiger charge is 2.38. The van der Waals surface area contributed by atoms with E-state index in [2.05, 4.69) is 10.6 Å². The number of carboxylic acid groups (broad SMARTS) is 1. The Hall–Kier alpha value is -4.12. The minimum absolute atomic E-state index is 0.00759. The number of nitrogens with two attached hydrogens (primary N) is 1. The Morgan fingerprint density at radius 1 is 0.950 bits per heavy atom. The number of benzene rings is 2. The summed E-state index contributed by atoms with van der Waals surface area (Å²) in [6, 6.07) is 8.45. The lowest BCUT2D eigenvalue weighted by molar-refractivity contribution is -0.143. The van der Waals surface area contributed by atoms with Crippen LogP contribution in [0.3, 0.4) is 0 Å². The zero-order chi connectivity index (χ0) is 29.4. The predicted octanol–water partition coefficient (Wildman–Crippen LogP) is 1.30. The summed E-state index contributed by atoms with van der Waals surface area (Å²) in [5.74, 6) is -2.90. The van der Waals surface area contributed by atoms with Crippen molar-refractivity contribution in [3.8, 4) is 11.5 Å². The van der Waals surface area contributed by atoms with Crippen molar-refractivity contribution in [3.05, 3.63) is 59.7 Å². The molecule has 1 aliphatic heterocycles. The molecule has 3 rings (SSSR count). The lowest BCUT2D eigenvalue weighted by Gasteiger charge is -2.30. The third-order valence-corrected chi connectivity index (χ3v) is 7.33. The van der Waals surface area contributed by atoms with Gasteiger partial charge in [0.15, 0.2) is 0 Å². The second-order valence-corrected chi connectivity index (χ2v) is 10.3. The van der Waals surface area contributed by atoms with E-state index in [1.165, 1.54) is 29.2 Å². The number of phenols is 2. The average molecular weight is 555 g/mol. The fourth-order valence-electron chi connectivity index (χ4n) is 4.77. The maximum Gasteiger partial charge on any atom is 0.326 e. The highest BCUT2D eigenvalue weighted by molar-refractivity contribution is 5.94. The molecule has 11 heteroatoms. The molecule has 0 radical (unpaired) electrons. The molecule has 7 N–H and O–H groups in total. The molecule has 1 saturated heterocycles. The van der Waals surface area contributed by atoms with Gasteiger partial charge in [0.25, 0.3) is 0 Å². The third-order valence-electron chi connectivity index (χ3n) is 7.33. The molecular formula is C29H38N4O7. The van der Waals surface area contributed by atoms with Crippen LogP contribution in [0.5, 0.6) is 11.5 Å². The summed E-state index contributed by atoms with van der Waals surface area (Å²) in [6.07, 6.45) is 1.78. The maximum absolute atomic E-state index is 13.4. The molecule has 0 saturated carbocycles. The molecule has 5 unspecified atom stereocenters. The van der Waals surface area contributed by atoms with E-state index in [-0.39, 0.29) is 36.2 Å². The van der Waals surface area contributed by atoms with Crippen molar-refractivity contribution >= 4 is 23.7 Å². The van der Waals surface area contributed by atoms with Crippen molar-refractivity contribution in [2.45, 2.75) is 70.1 Å². The molecular weight excluding hydrogens is 516 g/mol. The van der Waals surface area contributed by atoms with E-state index in [1.54, 1.807) is 31.2 Å². The van der Waals surface area contributed by atoms with Crippen molar-refractivity contribution in [1.82, 2.24) is 15.5 Å². The van der Waals surface area contributed by atoms with E-state index < -0.39 is 42.0 Å². The Balaban J connectivity index is 1.68. The molecule has 0 aliphatic carbocycles. The molecule has 5 atom stereocenters. The van der Waals surface area contributed by atoms with Gasteiger partial charge in [-0.2, -0.15) is 0 Å². The van der Waals surface area contributed by atoms with Crippen LogP contribution in [-0.4, -0.2) is 74.6 Å². The van der Waals surface area contributed by atoms with Gasteiger partial charge in [-0.05, 0) is 60.6 Å². The van der Waals surface area contributed by atoms with Gasteiger partial charge in [0.05, 0.1) is 6.04 Å². The topological polar surface area (TPSA) is 182 Å². The summed E-state index contributed by atoms with van der Waals surface area (Å²) in [5, 5.41) is 34.0. The first kappa shape index (κ1) is 30.4. The van der Waals surface area contributed by atoms with Crippen LogP contribution in [0.15, 0.2) is 48.5 Å². The van der Waals surface area contributed by atoms with Crippen LogP contribution in [-0.2, 0) is 32.0 Å². The first-order valence-corrected chi connectivity index (χ1v) is 13.5. The molecule has 0 aromatic heterocycles. The molecule has 216 valence electrons. The van der Waals surface area contributed by atoms with Crippen LogP contribution in [0, 0.1) is 5.92 Å². The lowest BCUT2D eigenvalue weighted by Crippen LogP contribution is -2.58. The van der Waals surface area contributed by atoms with E-state index in [0.717, 1.165) is 5.56 Å². The van der Waals surface area contributed by atoms with Crippen molar-refractivity contribution < 1.29 is 34.5 Å². The largest absolute Gasteiger partial charge is 0.508 e. The minimum Gasteiger partial charge on any atom is -0.508 e. The van der Waals surface area contributed by atoms with Gasteiger partial charge < -0.3 is 36.6 Å². The fraction of sp³-hybridized carbons (Fsp3) is 0.448. The molecule has 2 aromatic carbocycles. The number of carbonyl (C=O) groups excluding carboxylic acids is 3. The second kappa shape index (κ2) is 13.8. The first-order valence-electron chi connectivity index (χ1n) is 13.5. The Morgan fingerprint density at radius 2 is 1.50 bits per heavy atom. The monoisotopic (exact) mass is 554 g/mol. The van der Waals surface area contributed by atoms with Crippen molar-refractivity contribution in [2.24, 2.45) is 11.7 Å². The number of hydrogen-bond donors (Lipinski definition) is 6. The summed E-state index contributed by atoms with van der Waals surface area (Å²) in [7, 11) is 0. The van der Waals surface area contributed by atoms with Gasteiger partial charge in [-0.25, -0.2) is 4.79 Å². The fourth-order valence-corrected chi connectivity index (χ4v) is 4.77. The number of aliphatic carboxylic acids is 1. The number of phenolic OH excluding ortho intramolecular Hbond substituents is 2. The van der Waals surface area contributed by atoms with E-state index >= 15 is 0 Å². The number of likely N-dealkylation sites (tertiary alicyclic amines) is 1. The second-order valence-electron chi connectivity index (χ2n) is 10.3. The third kappa shape index (κ3) is 7.95. The van der Waals surface area contributed by atoms with Crippen LogP contribution >= 0.6 is 0 Å². The molecule has 1 aliphatic rings. The summed E-state index contributed by atoms with van der Waals surface area (Å²) < 4.78 is 0. The number of aromatic hydroxyl groups is 2. The average Bonchev–Trinajstić information content (AvgIpc) is 3.42. The van der Waals surface area contributed by atoms with Crippen LogP contribution in [0.25, 0.3) is 0 Å². The van der Waals surface area contributed by atoms with Crippen LogP contribution in [0.4, 0.5) is 0 Å². The molecule has 1 heterocycles. The van der Waals surface area contributed by atoms with Gasteiger partial charge in [0.1, 0.15) is 29.6 Å². The molecule has 3 amide bonds. The Bertz CT molecular complexity index is 1190. The summed E-state index contributed by atoms with van der Waals surface area (Å²) >= 11 is 0. The van der Waals surface area contributed by atoms with Crippen LogP contribution < -0.4 is 16.4 Å². The Labute approximate surface area is 233 Å². The van der Waals surface area contributed by atoms with E-state index in [9.17, 15) is 34.5 Å². The maximum atomic E-state index is 13.4. The summed E-state index contributed by atoms with van der Waals surface area (Å²) in [6.45, 7) is 4.00. The summed E-state index contributed by atoms with van der Waals surface area (Å²) in [4.78, 5) is 53.1. The highest BCUT2D eigenvalue weighted by atomic mass is 16.4. The number of carbonyl (C=O) groups is 4. The first-order chi connectivity index (χ1) is 19.0. The zero-order valence-corrected chi connectivity index (χ0v) is 22.7. The molecule has 11 nitrogen and oxygen atoms in total. The Morgan fingerprint density at radius 3 is 2.02 bits per heavy atom. The van der Waals surface area contributed by atoms with Gasteiger partial charge in [0.2, 0.25) is 17.7 Å². The van der Waals surface area contributed by atoms with Gasteiger partial charge in [-0.15, -0.1) is 0 Å². The van der Waals surface area contributed by atoms with Gasteiger partial charge in [0, 0.05) is 13.0 Å². The number of nitrogens with zero attached hydrogens (tertiary/aromatic N) is 1.